The fourth-order valence-electron chi connectivity index (χ4n) is 3.43. The summed E-state index contributed by atoms with van der Waals surface area (Å²) in [4.78, 5) is 13.6. The number of carbonyl (C=O) groups is 1. The van der Waals surface area contributed by atoms with Gasteiger partial charge < -0.3 is 14.0 Å². The second-order valence-electron chi connectivity index (χ2n) is 7.17. The minimum Gasteiger partial charge on any atom is -0.466 e. The van der Waals surface area contributed by atoms with Gasteiger partial charge in [0.05, 0.1) is 13.7 Å². The van der Waals surface area contributed by atoms with Crippen LogP contribution in [0.3, 0.4) is 0 Å². The molecule has 0 amide bonds. The number of carbonyl (C=O) groups excluding carboxylic acids is 1. The average Bonchev–Trinajstić information content (AvgIpc) is 3.30. The van der Waals surface area contributed by atoms with Gasteiger partial charge in [0, 0.05) is 37.3 Å². The quantitative estimate of drug-likeness (QED) is 0.455. The van der Waals surface area contributed by atoms with Crippen LogP contribution in [0, 0.1) is 0 Å². The fourth-order valence-corrected chi connectivity index (χ4v) is 3.43. The maximum Gasteiger partial charge on any atom is 0.330 e. The lowest BCUT2D eigenvalue weighted by Crippen LogP contribution is -2.37. The van der Waals surface area contributed by atoms with E-state index in [9.17, 15) is 4.79 Å². The van der Waals surface area contributed by atoms with Gasteiger partial charge in [-0.2, -0.15) is 0 Å². The molecule has 1 aliphatic heterocycles. The number of hydrogen-bond donors (Lipinski definition) is 0. The van der Waals surface area contributed by atoms with E-state index in [1.165, 1.54) is 18.7 Å². The molecule has 3 aromatic rings. The number of ether oxygens (including phenoxy) is 2. The van der Waals surface area contributed by atoms with Gasteiger partial charge in [-0.1, -0.05) is 59.8 Å². The summed E-state index contributed by atoms with van der Waals surface area (Å²) >= 11 is 0. The molecule has 1 atom stereocenters. The van der Waals surface area contributed by atoms with Gasteiger partial charge in [0.2, 0.25) is 0 Å². The van der Waals surface area contributed by atoms with Gasteiger partial charge in [0.1, 0.15) is 11.8 Å². The van der Waals surface area contributed by atoms with Crippen LogP contribution in [0.2, 0.25) is 0 Å². The normalized spacial score (nSPS) is 17.3. The third-order valence-electron chi connectivity index (χ3n) is 5.06. The van der Waals surface area contributed by atoms with Crippen molar-refractivity contribution in [2.75, 3.05) is 26.8 Å². The number of morpholine rings is 1. The summed E-state index contributed by atoms with van der Waals surface area (Å²) in [5.74, 6) is 0.392. The third kappa shape index (κ3) is 5.03. The molecule has 2 aromatic carbocycles. The van der Waals surface area contributed by atoms with Crippen molar-refractivity contribution in [3.05, 3.63) is 83.6 Å². The van der Waals surface area contributed by atoms with E-state index in [2.05, 4.69) is 26.9 Å². The molecule has 6 nitrogen and oxygen atoms in total. The number of hydrogen-bond acceptors (Lipinski definition) is 6. The Morgan fingerprint density at radius 2 is 2.00 bits per heavy atom. The van der Waals surface area contributed by atoms with Crippen LogP contribution in [-0.4, -0.2) is 42.8 Å². The van der Waals surface area contributed by atoms with Crippen molar-refractivity contribution in [1.29, 1.82) is 0 Å². The van der Waals surface area contributed by atoms with E-state index in [4.69, 9.17) is 9.26 Å². The first kappa shape index (κ1) is 20.1. The summed E-state index contributed by atoms with van der Waals surface area (Å²) in [7, 11) is 1.37. The van der Waals surface area contributed by atoms with Crippen molar-refractivity contribution < 1.29 is 18.8 Å². The Hall–Kier alpha value is -3.22. The maximum atomic E-state index is 11.2. The smallest absolute Gasteiger partial charge is 0.330 e. The van der Waals surface area contributed by atoms with E-state index in [1.54, 1.807) is 6.08 Å². The zero-order valence-electron chi connectivity index (χ0n) is 16.9. The standard InChI is InChI=1S/C24H24N2O4/c1-28-24(27)12-11-18-7-9-19(10-8-18)16-26-13-14-29-23(17-26)22-15-21(25-30-22)20-5-3-2-4-6-20/h2-12,15,23H,13-14,16-17H2,1H3/b12-11+. The average molecular weight is 404 g/mol. The van der Waals surface area contributed by atoms with E-state index in [-0.39, 0.29) is 12.1 Å². The lowest BCUT2D eigenvalue weighted by Gasteiger charge is -2.31. The molecule has 0 radical (unpaired) electrons. The highest BCUT2D eigenvalue weighted by Crippen LogP contribution is 2.27. The zero-order valence-corrected chi connectivity index (χ0v) is 16.9. The van der Waals surface area contributed by atoms with Crippen LogP contribution in [0.5, 0.6) is 0 Å². The monoisotopic (exact) mass is 404 g/mol. The highest BCUT2D eigenvalue weighted by atomic mass is 16.5. The van der Waals surface area contributed by atoms with Crippen molar-refractivity contribution in [3.63, 3.8) is 0 Å². The van der Waals surface area contributed by atoms with Crippen LogP contribution in [0.1, 0.15) is 23.0 Å². The van der Waals surface area contributed by atoms with Gasteiger partial charge in [-0.05, 0) is 17.2 Å². The van der Waals surface area contributed by atoms with Crippen molar-refractivity contribution in [2.24, 2.45) is 0 Å². The molecule has 30 heavy (non-hydrogen) atoms. The van der Waals surface area contributed by atoms with Gasteiger partial charge in [0.15, 0.2) is 5.76 Å². The summed E-state index contributed by atoms with van der Waals surface area (Å²) in [5.41, 5.74) is 4.01. The topological polar surface area (TPSA) is 64.8 Å². The minimum absolute atomic E-state index is 0.133. The fraction of sp³-hybridized carbons (Fsp3) is 0.250. The van der Waals surface area contributed by atoms with Crippen LogP contribution in [0.25, 0.3) is 17.3 Å². The molecule has 1 unspecified atom stereocenters. The summed E-state index contributed by atoms with van der Waals surface area (Å²) in [6.45, 7) is 3.07. The van der Waals surface area contributed by atoms with Crippen molar-refractivity contribution in [3.8, 4) is 11.3 Å². The van der Waals surface area contributed by atoms with Gasteiger partial charge >= 0.3 is 5.97 Å². The molecule has 0 bridgehead atoms. The van der Waals surface area contributed by atoms with E-state index in [0.29, 0.717) is 6.61 Å². The largest absolute Gasteiger partial charge is 0.466 e. The molecule has 0 saturated carbocycles. The Bertz CT molecular complexity index is 996. The Morgan fingerprint density at radius 1 is 1.20 bits per heavy atom. The first-order valence-electron chi connectivity index (χ1n) is 9.92. The van der Waals surface area contributed by atoms with Crippen LogP contribution in [-0.2, 0) is 20.8 Å². The Kier molecular flexibility index (Phi) is 6.37. The number of aromatic nitrogens is 1. The summed E-state index contributed by atoms with van der Waals surface area (Å²) in [6.07, 6.45) is 3.03. The lowest BCUT2D eigenvalue weighted by molar-refractivity contribution is -0.134. The zero-order chi connectivity index (χ0) is 20.8. The molecule has 1 aromatic heterocycles. The molecule has 0 spiro atoms. The molecule has 0 aliphatic carbocycles. The predicted octanol–water partition coefficient (Wildman–Crippen LogP) is 4.10. The summed E-state index contributed by atoms with van der Waals surface area (Å²) < 4.78 is 16.1. The molecule has 154 valence electrons. The molecule has 0 N–H and O–H groups in total. The van der Waals surface area contributed by atoms with Crippen molar-refractivity contribution >= 4 is 12.0 Å². The Balaban J connectivity index is 1.37. The van der Waals surface area contributed by atoms with Crippen molar-refractivity contribution in [2.45, 2.75) is 12.6 Å². The summed E-state index contributed by atoms with van der Waals surface area (Å²) in [5, 5.41) is 4.20. The predicted molar refractivity (Wildman–Crippen MR) is 113 cm³/mol. The van der Waals surface area contributed by atoms with Crippen LogP contribution in [0.4, 0.5) is 0 Å². The first-order chi connectivity index (χ1) is 14.7. The third-order valence-corrected chi connectivity index (χ3v) is 5.06. The van der Waals surface area contributed by atoms with Gasteiger partial charge in [-0.25, -0.2) is 4.79 Å². The molecule has 1 fully saturated rings. The summed E-state index contributed by atoms with van der Waals surface area (Å²) in [6, 6.07) is 20.1. The second kappa shape index (κ2) is 9.52. The van der Waals surface area contributed by atoms with Crippen LogP contribution in [0.15, 0.2) is 71.3 Å². The highest BCUT2D eigenvalue weighted by molar-refractivity contribution is 5.86. The first-order valence-corrected chi connectivity index (χ1v) is 9.92. The molecule has 1 saturated heterocycles. The van der Waals surface area contributed by atoms with E-state index >= 15 is 0 Å². The van der Waals surface area contributed by atoms with Gasteiger partial charge in [-0.15, -0.1) is 0 Å². The molecule has 1 aliphatic rings. The SMILES string of the molecule is COC(=O)/C=C/c1ccc(CN2CCOC(c3cc(-c4ccccc4)no3)C2)cc1. The van der Waals surface area contributed by atoms with Gasteiger partial charge in [0.25, 0.3) is 0 Å². The second-order valence-corrected chi connectivity index (χ2v) is 7.17. The highest BCUT2D eigenvalue weighted by Gasteiger charge is 2.25. The number of rotatable bonds is 6. The van der Waals surface area contributed by atoms with E-state index < -0.39 is 0 Å². The number of benzene rings is 2. The Labute approximate surface area is 175 Å². The maximum absolute atomic E-state index is 11.2. The number of nitrogens with zero attached hydrogens (tertiary/aromatic N) is 2. The molecular weight excluding hydrogens is 380 g/mol. The van der Waals surface area contributed by atoms with Crippen molar-refractivity contribution in [1.82, 2.24) is 10.1 Å². The van der Waals surface area contributed by atoms with E-state index in [1.807, 2.05) is 48.5 Å². The van der Waals surface area contributed by atoms with Crippen LogP contribution < -0.4 is 0 Å². The van der Waals surface area contributed by atoms with Gasteiger partial charge in [-0.3, -0.25) is 4.90 Å². The molecule has 6 heteroatoms. The number of esters is 1. The number of methoxy groups -OCH3 is 1. The molecular formula is C24H24N2O4. The lowest BCUT2D eigenvalue weighted by atomic mass is 10.1. The minimum atomic E-state index is -0.360. The Morgan fingerprint density at radius 3 is 2.77 bits per heavy atom. The molecule has 2 heterocycles. The van der Waals surface area contributed by atoms with E-state index in [0.717, 1.165) is 42.2 Å². The molecule has 4 rings (SSSR count). The van der Waals surface area contributed by atoms with Crippen LogP contribution >= 0.6 is 0 Å².